The van der Waals surface area contributed by atoms with E-state index in [0.717, 1.165) is 21.9 Å². The van der Waals surface area contributed by atoms with Crippen molar-refractivity contribution in [2.45, 2.75) is 13.0 Å². The maximum absolute atomic E-state index is 12.0. The summed E-state index contributed by atoms with van der Waals surface area (Å²) in [6.07, 6.45) is 1.62. The van der Waals surface area contributed by atoms with Gasteiger partial charge in [-0.2, -0.15) is 0 Å². The number of anilines is 1. The minimum atomic E-state index is -0.944. The molecule has 2 amide bonds. The van der Waals surface area contributed by atoms with Crippen molar-refractivity contribution in [3.8, 4) is 0 Å². The van der Waals surface area contributed by atoms with E-state index in [-0.39, 0.29) is 12.1 Å². The highest BCUT2D eigenvalue weighted by Gasteiger charge is 2.11. The maximum atomic E-state index is 12.0. The van der Waals surface area contributed by atoms with Crippen LogP contribution in [0.2, 0.25) is 0 Å². The molecule has 0 fully saturated rings. The van der Waals surface area contributed by atoms with Crippen molar-refractivity contribution in [3.63, 3.8) is 0 Å². The number of carbonyl (C=O) groups is 1. The van der Waals surface area contributed by atoms with Crippen LogP contribution in [0.4, 0.5) is 10.5 Å². The van der Waals surface area contributed by atoms with Crippen LogP contribution in [-0.2, 0) is 10.8 Å². The van der Waals surface area contributed by atoms with E-state index in [1.165, 1.54) is 0 Å². The summed E-state index contributed by atoms with van der Waals surface area (Å²) in [6.45, 7) is 1.82. The van der Waals surface area contributed by atoms with Crippen molar-refractivity contribution in [2.75, 3.05) is 17.3 Å². The molecule has 0 radical (unpaired) electrons. The fraction of sp³-hybridized carbons (Fsp3) is 0.235. The van der Waals surface area contributed by atoms with Crippen molar-refractivity contribution in [2.24, 2.45) is 0 Å². The van der Waals surface area contributed by atoms with Gasteiger partial charge in [-0.3, -0.25) is 4.21 Å². The topological polar surface area (TPSA) is 71.3 Å². The number of carbonyl (C=O) groups excluding carboxylic acids is 1. The van der Waals surface area contributed by atoms with Crippen molar-refractivity contribution in [3.05, 3.63) is 42.5 Å². The highest BCUT2D eigenvalue weighted by atomic mass is 32.2. The normalized spacial score (nSPS) is 13.8. The van der Waals surface area contributed by atoms with Crippen LogP contribution in [-0.4, -0.2) is 28.3 Å². The molecule has 0 aliphatic heterocycles. The van der Waals surface area contributed by atoms with Gasteiger partial charge in [0.25, 0.3) is 0 Å². The van der Waals surface area contributed by atoms with E-state index in [2.05, 4.69) is 10.6 Å². The molecular formula is C17H18N2O3S. The lowest BCUT2D eigenvalue weighted by atomic mass is 10.1. The van der Waals surface area contributed by atoms with Crippen molar-refractivity contribution in [1.82, 2.24) is 5.32 Å². The third-order valence-electron chi connectivity index (χ3n) is 3.50. The third kappa shape index (κ3) is 3.53. The molecule has 23 heavy (non-hydrogen) atoms. The molecular weight excluding hydrogens is 312 g/mol. The second-order valence-electron chi connectivity index (χ2n) is 5.55. The van der Waals surface area contributed by atoms with Gasteiger partial charge in [-0.05, 0) is 25.1 Å². The predicted octanol–water partition coefficient (Wildman–Crippen LogP) is 3.47. The monoisotopic (exact) mass is 330 g/mol. The lowest BCUT2D eigenvalue weighted by Gasteiger charge is -2.13. The molecule has 120 valence electrons. The molecule has 0 spiro atoms. The summed E-state index contributed by atoms with van der Waals surface area (Å²) in [5.41, 5.74) is 2.20. The first-order chi connectivity index (χ1) is 11.0. The Morgan fingerprint density at radius 2 is 1.91 bits per heavy atom. The van der Waals surface area contributed by atoms with Crippen LogP contribution in [0.25, 0.3) is 21.9 Å². The van der Waals surface area contributed by atoms with Crippen molar-refractivity contribution in [1.29, 1.82) is 0 Å². The van der Waals surface area contributed by atoms with E-state index < -0.39 is 10.8 Å². The largest absolute Gasteiger partial charge is 0.456 e. The number of urea groups is 1. The molecule has 3 rings (SSSR count). The lowest BCUT2D eigenvalue weighted by Crippen LogP contribution is -2.39. The minimum Gasteiger partial charge on any atom is -0.456 e. The molecule has 3 aromatic rings. The van der Waals surface area contributed by atoms with Crippen molar-refractivity contribution < 1.29 is 13.4 Å². The minimum absolute atomic E-state index is 0.157. The van der Waals surface area contributed by atoms with E-state index in [1.54, 1.807) is 12.3 Å². The molecule has 0 bridgehead atoms. The van der Waals surface area contributed by atoms with Crippen LogP contribution in [0.5, 0.6) is 0 Å². The summed E-state index contributed by atoms with van der Waals surface area (Å²) in [5.74, 6) is 0.427. The zero-order chi connectivity index (χ0) is 16.4. The second kappa shape index (κ2) is 6.42. The summed E-state index contributed by atoms with van der Waals surface area (Å²) in [7, 11) is -0.944. The smallest absolute Gasteiger partial charge is 0.319 e. The van der Waals surface area contributed by atoms with Gasteiger partial charge in [0, 0.05) is 51.4 Å². The van der Waals surface area contributed by atoms with Gasteiger partial charge < -0.3 is 15.1 Å². The first kappa shape index (κ1) is 15.6. The molecule has 0 saturated heterocycles. The Bertz CT molecular complexity index is 888. The van der Waals surface area contributed by atoms with E-state index >= 15 is 0 Å². The summed E-state index contributed by atoms with van der Waals surface area (Å²) in [4.78, 5) is 12.0. The number of hydrogen-bond acceptors (Lipinski definition) is 3. The van der Waals surface area contributed by atoms with E-state index in [0.29, 0.717) is 11.4 Å². The Morgan fingerprint density at radius 1 is 1.17 bits per heavy atom. The first-order valence-corrected chi connectivity index (χ1v) is 9.04. The number of para-hydroxylation sites is 1. The molecule has 6 heteroatoms. The molecule has 1 heterocycles. The fourth-order valence-electron chi connectivity index (χ4n) is 2.59. The van der Waals surface area contributed by atoms with Crippen LogP contribution in [0.3, 0.4) is 0 Å². The number of nitrogens with one attached hydrogen (secondary N) is 2. The average Bonchev–Trinajstić information content (AvgIpc) is 2.83. The quantitative estimate of drug-likeness (QED) is 0.769. The molecule has 0 aliphatic carbocycles. The number of rotatable bonds is 4. The van der Waals surface area contributed by atoms with Gasteiger partial charge in [0.15, 0.2) is 0 Å². The molecule has 0 unspecified atom stereocenters. The predicted molar refractivity (Wildman–Crippen MR) is 94.3 cm³/mol. The number of benzene rings is 2. The molecule has 5 nitrogen and oxygen atoms in total. The molecule has 2 aromatic carbocycles. The maximum Gasteiger partial charge on any atom is 0.319 e. The summed E-state index contributed by atoms with van der Waals surface area (Å²) in [6, 6.07) is 12.9. The molecule has 2 N–H and O–H groups in total. The van der Waals surface area contributed by atoms with Crippen LogP contribution in [0.1, 0.15) is 6.92 Å². The second-order valence-corrected chi connectivity index (χ2v) is 7.03. The third-order valence-corrected chi connectivity index (χ3v) is 4.47. The van der Waals surface area contributed by atoms with E-state index in [1.807, 2.05) is 43.3 Å². The summed E-state index contributed by atoms with van der Waals surface area (Å²) in [5, 5.41) is 7.60. The average molecular weight is 330 g/mol. The van der Waals surface area contributed by atoms with Gasteiger partial charge >= 0.3 is 6.03 Å². The first-order valence-electron chi connectivity index (χ1n) is 7.32. The van der Waals surface area contributed by atoms with Crippen LogP contribution >= 0.6 is 0 Å². The number of furan rings is 1. The zero-order valence-electron chi connectivity index (χ0n) is 13.0. The Balaban J connectivity index is 1.77. The van der Waals surface area contributed by atoms with Gasteiger partial charge in [0.05, 0.1) is 0 Å². The summed E-state index contributed by atoms with van der Waals surface area (Å²) < 4.78 is 16.9. The molecule has 1 aromatic heterocycles. The fourth-order valence-corrected chi connectivity index (χ4v) is 3.38. The van der Waals surface area contributed by atoms with Crippen LogP contribution in [0, 0.1) is 0 Å². The Labute approximate surface area is 136 Å². The number of amides is 2. The van der Waals surface area contributed by atoms with Gasteiger partial charge in [-0.25, -0.2) is 4.79 Å². The lowest BCUT2D eigenvalue weighted by molar-refractivity contribution is 0.250. The van der Waals surface area contributed by atoms with Crippen molar-refractivity contribution >= 4 is 44.5 Å². The Hall–Kier alpha value is -2.34. The zero-order valence-corrected chi connectivity index (χ0v) is 13.8. The summed E-state index contributed by atoms with van der Waals surface area (Å²) >= 11 is 0. The molecule has 0 saturated carbocycles. The Kier molecular flexibility index (Phi) is 4.34. The van der Waals surface area contributed by atoms with E-state index in [4.69, 9.17) is 4.42 Å². The highest BCUT2D eigenvalue weighted by Crippen LogP contribution is 2.30. The van der Waals surface area contributed by atoms with Crippen LogP contribution in [0.15, 0.2) is 46.9 Å². The number of hydrogen-bond donors (Lipinski definition) is 2. The number of fused-ring (bicyclic) bond motifs is 3. The van der Waals surface area contributed by atoms with Gasteiger partial charge in [0.1, 0.15) is 11.2 Å². The van der Waals surface area contributed by atoms with Gasteiger partial charge in [-0.15, -0.1) is 0 Å². The standard InChI is InChI=1S/C17H18N2O3S/c1-11(10-23(2)21)18-17(20)19-12-7-8-14-13-5-3-4-6-15(13)22-16(14)9-12/h3-9,11H,10H2,1-2H3,(H2,18,19,20)/t11-,23+/m0/s1. The SMILES string of the molecule is C[C@@H](C[S@@](C)=O)NC(=O)Nc1ccc2c(c1)oc1ccccc12. The van der Waals surface area contributed by atoms with E-state index in [9.17, 15) is 9.00 Å². The van der Waals surface area contributed by atoms with Crippen LogP contribution < -0.4 is 10.6 Å². The highest BCUT2D eigenvalue weighted by molar-refractivity contribution is 7.84. The molecule has 0 aliphatic rings. The Morgan fingerprint density at radius 3 is 2.70 bits per heavy atom. The van der Waals surface area contributed by atoms with Gasteiger partial charge in [0.2, 0.25) is 0 Å². The van der Waals surface area contributed by atoms with Gasteiger partial charge in [-0.1, -0.05) is 18.2 Å². The molecule has 2 atom stereocenters.